The Kier molecular flexibility index (Phi) is 14.1. The molecule has 1 amide bonds. The van der Waals surface area contributed by atoms with Crippen molar-refractivity contribution in [3.63, 3.8) is 0 Å². The summed E-state index contributed by atoms with van der Waals surface area (Å²) in [4.78, 5) is 13.9. The third kappa shape index (κ3) is 19.1. The fourth-order valence-electron chi connectivity index (χ4n) is 1.62. The van der Waals surface area contributed by atoms with Gasteiger partial charge in [0.15, 0.2) is 0 Å². The lowest BCUT2D eigenvalue weighted by Crippen LogP contribution is -2.43. The maximum atomic E-state index is 12.0. The molecule has 2 N–H and O–H groups in total. The summed E-state index contributed by atoms with van der Waals surface area (Å²) in [5, 5.41) is 0. The minimum atomic E-state index is -4.67. The van der Waals surface area contributed by atoms with Crippen LogP contribution in [-0.2, 0) is 15.1 Å². The van der Waals surface area contributed by atoms with E-state index in [1.807, 2.05) is 4.90 Å². The highest BCUT2D eigenvalue weighted by atomic mass is 32.3. The summed E-state index contributed by atoms with van der Waals surface area (Å²) in [6, 6.07) is 0. The van der Waals surface area contributed by atoms with Gasteiger partial charge in [0.05, 0.1) is 20.6 Å². The molecule has 0 heterocycles. The molecule has 0 saturated heterocycles. The Hall–Kier alpha value is -0.900. The zero-order chi connectivity index (χ0) is 19.2. The van der Waals surface area contributed by atoms with Crippen LogP contribution in [0.1, 0.15) is 46.5 Å². The Labute approximate surface area is 146 Å². The van der Waals surface area contributed by atoms with Crippen LogP contribution in [0, 0.1) is 0 Å². The minimum Gasteiger partial charge on any atom is -0.443 e. The molecule has 0 aliphatic heterocycles. The smallest absolute Gasteiger partial charge is 0.409 e. The van der Waals surface area contributed by atoms with E-state index in [1.54, 1.807) is 0 Å². The standard InChI is InChI=1S/C15H33N2O2.H2O4S/c1-6-9-11-16(12-10-7-2)15(18)19-14-13-17(4,5)8-3;1-5(2,3)4/h6-14H2,1-5H3;(H2,1,2,3,4)/q+1;. The van der Waals surface area contributed by atoms with Crippen molar-refractivity contribution in [2.45, 2.75) is 46.5 Å². The second-order valence-electron chi connectivity index (χ2n) is 6.23. The lowest BCUT2D eigenvalue weighted by atomic mass is 10.3. The molecule has 0 aromatic heterocycles. The summed E-state index contributed by atoms with van der Waals surface area (Å²) in [5.41, 5.74) is 0. The lowest BCUT2D eigenvalue weighted by Gasteiger charge is -2.28. The molecule has 9 heteroatoms. The van der Waals surface area contributed by atoms with Crippen molar-refractivity contribution in [2.75, 3.05) is 46.9 Å². The molecule has 0 aliphatic rings. The Balaban J connectivity index is 0. The number of likely N-dealkylation sites (N-methyl/N-ethyl adjacent to an activating group) is 1. The number of ether oxygens (including phenoxy) is 1. The van der Waals surface area contributed by atoms with E-state index < -0.39 is 10.4 Å². The number of nitrogens with zero attached hydrogens (tertiary/aromatic N) is 2. The van der Waals surface area contributed by atoms with Crippen LogP contribution in [0.5, 0.6) is 0 Å². The van der Waals surface area contributed by atoms with Gasteiger partial charge in [-0.1, -0.05) is 26.7 Å². The van der Waals surface area contributed by atoms with Crippen molar-refractivity contribution >= 4 is 16.5 Å². The molecule has 146 valence electrons. The molecular formula is C15H35N2O6S+. The summed E-state index contributed by atoms with van der Waals surface area (Å²) in [6.07, 6.45) is 4.17. The Morgan fingerprint density at radius 3 is 1.79 bits per heavy atom. The Morgan fingerprint density at radius 1 is 1.04 bits per heavy atom. The fourth-order valence-corrected chi connectivity index (χ4v) is 1.62. The number of hydrogen-bond acceptors (Lipinski definition) is 4. The summed E-state index contributed by atoms with van der Waals surface area (Å²) in [7, 11) is -0.362. The molecule has 24 heavy (non-hydrogen) atoms. The van der Waals surface area contributed by atoms with Gasteiger partial charge in [0.1, 0.15) is 13.2 Å². The van der Waals surface area contributed by atoms with Crippen LogP contribution in [0.25, 0.3) is 0 Å². The van der Waals surface area contributed by atoms with Gasteiger partial charge in [-0.15, -0.1) is 0 Å². The van der Waals surface area contributed by atoms with Crippen LogP contribution in [0.3, 0.4) is 0 Å². The average molecular weight is 372 g/mol. The van der Waals surface area contributed by atoms with Crippen molar-refractivity contribution in [1.29, 1.82) is 0 Å². The SMILES string of the molecule is CCCCN(CCCC)C(=O)OCC[N+](C)(C)CC.O=S(=O)(O)O. The summed E-state index contributed by atoms with van der Waals surface area (Å²) in [5.74, 6) is 0. The number of amides is 1. The van der Waals surface area contributed by atoms with Crippen LogP contribution >= 0.6 is 0 Å². The van der Waals surface area contributed by atoms with E-state index in [-0.39, 0.29) is 6.09 Å². The van der Waals surface area contributed by atoms with Crippen molar-refractivity contribution in [2.24, 2.45) is 0 Å². The minimum absolute atomic E-state index is 0.141. The molecule has 0 atom stereocenters. The predicted molar refractivity (Wildman–Crippen MR) is 94.4 cm³/mol. The monoisotopic (exact) mass is 371 g/mol. The van der Waals surface area contributed by atoms with Gasteiger partial charge in [0, 0.05) is 13.1 Å². The van der Waals surface area contributed by atoms with Crippen molar-refractivity contribution < 1.29 is 31.5 Å². The van der Waals surface area contributed by atoms with Gasteiger partial charge >= 0.3 is 16.5 Å². The molecule has 0 saturated carbocycles. The topological polar surface area (TPSA) is 104 Å². The van der Waals surface area contributed by atoms with E-state index in [0.717, 1.165) is 56.3 Å². The number of hydrogen-bond donors (Lipinski definition) is 2. The highest BCUT2D eigenvalue weighted by molar-refractivity contribution is 7.79. The fraction of sp³-hybridized carbons (Fsp3) is 0.933. The molecule has 0 unspecified atom stereocenters. The molecule has 0 spiro atoms. The van der Waals surface area contributed by atoms with Crippen LogP contribution in [0.15, 0.2) is 0 Å². The number of quaternary nitrogens is 1. The van der Waals surface area contributed by atoms with Crippen molar-refractivity contribution in [3.05, 3.63) is 0 Å². The first-order valence-corrected chi connectivity index (χ1v) is 9.80. The molecule has 0 rings (SSSR count). The quantitative estimate of drug-likeness (QED) is 0.451. The van der Waals surface area contributed by atoms with E-state index >= 15 is 0 Å². The average Bonchev–Trinajstić information content (AvgIpc) is 2.45. The normalized spacial score (nSPS) is 11.5. The van der Waals surface area contributed by atoms with Gasteiger partial charge in [-0.3, -0.25) is 9.11 Å². The maximum absolute atomic E-state index is 12.0. The number of carbonyl (C=O) groups is 1. The summed E-state index contributed by atoms with van der Waals surface area (Å²) in [6.45, 7) is 10.5. The number of carbonyl (C=O) groups excluding carboxylic acids is 1. The van der Waals surface area contributed by atoms with Gasteiger partial charge in [-0.25, -0.2) is 4.79 Å². The second kappa shape index (κ2) is 13.4. The van der Waals surface area contributed by atoms with Crippen molar-refractivity contribution in [3.8, 4) is 0 Å². The number of rotatable bonds is 10. The van der Waals surface area contributed by atoms with Gasteiger partial charge in [-0.05, 0) is 19.8 Å². The highest BCUT2D eigenvalue weighted by Crippen LogP contribution is 2.03. The molecular weight excluding hydrogens is 336 g/mol. The van der Waals surface area contributed by atoms with Crippen LogP contribution in [0.2, 0.25) is 0 Å². The molecule has 0 fully saturated rings. The first-order chi connectivity index (χ1) is 11.0. The van der Waals surface area contributed by atoms with Crippen LogP contribution < -0.4 is 0 Å². The van der Waals surface area contributed by atoms with Crippen molar-refractivity contribution in [1.82, 2.24) is 4.90 Å². The maximum Gasteiger partial charge on any atom is 0.409 e. The van der Waals surface area contributed by atoms with E-state index in [2.05, 4.69) is 34.9 Å². The largest absolute Gasteiger partial charge is 0.443 e. The van der Waals surface area contributed by atoms with E-state index in [4.69, 9.17) is 22.3 Å². The zero-order valence-corrected chi connectivity index (χ0v) is 16.5. The number of unbranched alkanes of at least 4 members (excludes halogenated alkanes) is 2. The Morgan fingerprint density at radius 2 is 1.46 bits per heavy atom. The van der Waals surface area contributed by atoms with Gasteiger partial charge in [0.25, 0.3) is 0 Å². The first-order valence-electron chi connectivity index (χ1n) is 8.40. The van der Waals surface area contributed by atoms with E-state index in [9.17, 15) is 4.79 Å². The molecule has 0 aromatic carbocycles. The molecule has 0 aromatic rings. The van der Waals surface area contributed by atoms with Crippen LogP contribution in [0.4, 0.5) is 4.79 Å². The summed E-state index contributed by atoms with van der Waals surface area (Å²) >= 11 is 0. The highest BCUT2D eigenvalue weighted by Gasteiger charge is 2.16. The first kappa shape index (κ1) is 25.3. The zero-order valence-electron chi connectivity index (χ0n) is 15.7. The summed E-state index contributed by atoms with van der Waals surface area (Å²) < 4.78 is 37.9. The van der Waals surface area contributed by atoms with Gasteiger partial charge in [-0.2, -0.15) is 8.42 Å². The molecule has 0 radical (unpaired) electrons. The van der Waals surface area contributed by atoms with E-state index in [0.29, 0.717) is 6.61 Å². The van der Waals surface area contributed by atoms with Gasteiger partial charge in [0.2, 0.25) is 0 Å². The van der Waals surface area contributed by atoms with E-state index in [1.165, 1.54) is 0 Å². The molecule has 0 aliphatic carbocycles. The molecule has 8 nitrogen and oxygen atoms in total. The lowest BCUT2D eigenvalue weighted by molar-refractivity contribution is -0.888. The molecule has 0 bridgehead atoms. The third-order valence-electron chi connectivity index (χ3n) is 3.60. The van der Waals surface area contributed by atoms with Crippen LogP contribution in [-0.4, -0.2) is 79.9 Å². The Bertz CT molecular complexity index is 410. The second-order valence-corrected chi connectivity index (χ2v) is 7.13. The predicted octanol–water partition coefficient (Wildman–Crippen LogP) is 2.47. The van der Waals surface area contributed by atoms with Gasteiger partial charge < -0.3 is 14.1 Å². The third-order valence-corrected chi connectivity index (χ3v) is 3.60.